The van der Waals surface area contributed by atoms with E-state index >= 15 is 0 Å². The van der Waals surface area contributed by atoms with Crippen LogP contribution in [0.2, 0.25) is 0 Å². The van der Waals surface area contributed by atoms with Crippen molar-refractivity contribution in [1.29, 1.82) is 0 Å². The van der Waals surface area contributed by atoms with Crippen LogP contribution in [0.15, 0.2) is 5.38 Å². The Bertz CT molecular complexity index is 430. The first-order valence-electron chi connectivity index (χ1n) is 6.93. The summed E-state index contributed by atoms with van der Waals surface area (Å²) in [5.74, 6) is 0.130. The molecule has 0 saturated carbocycles. The molecule has 0 radical (unpaired) electrons. The van der Waals surface area contributed by atoms with Crippen molar-refractivity contribution >= 4 is 17.2 Å². The topological polar surface area (TPSA) is 54.0 Å². The van der Waals surface area contributed by atoms with Crippen LogP contribution >= 0.6 is 11.3 Å². The number of nitrogens with zero attached hydrogens (tertiary/aromatic N) is 1. The summed E-state index contributed by atoms with van der Waals surface area (Å²) >= 11 is 1.68. The van der Waals surface area contributed by atoms with Gasteiger partial charge in [-0.1, -0.05) is 20.8 Å². The number of amides is 1. The third kappa shape index (κ3) is 4.01. The van der Waals surface area contributed by atoms with Gasteiger partial charge in [-0.3, -0.25) is 4.79 Å². The lowest BCUT2D eigenvalue weighted by atomic mass is 9.93. The summed E-state index contributed by atoms with van der Waals surface area (Å²) in [5, 5.41) is 9.41. The zero-order valence-electron chi connectivity index (χ0n) is 12.0. The molecule has 2 rings (SSSR count). The molecular weight excluding hydrogens is 258 g/mol. The van der Waals surface area contributed by atoms with Gasteiger partial charge in [0.15, 0.2) is 0 Å². The van der Waals surface area contributed by atoms with E-state index in [1.54, 1.807) is 11.3 Å². The van der Waals surface area contributed by atoms with Crippen molar-refractivity contribution in [2.75, 3.05) is 13.1 Å². The van der Waals surface area contributed by atoms with E-state index in [0.717, 1.165) is 36.5 Å². The fraction of sp³-hybridized carbons (Fsp3) is 0.714. The number of carbonyl (C=O) groups is 1. The van der Waals surface area contributed by atoms with Crippen LogP contribution in [0, 0.1) is 0 Å². The molecule has 1 unspecified atom stereocenters. The zero-order valence-corrected chi connectivity index (χ0v) is 12.8. The fourth-order valence-electron chi connectivity index (χ4n) is 2.09. The number of thiazole rings is 1. The number of hydrogen-bond donors (Lipinski definition) is 2. The van der Waals surface area contributed by atoms with E-state index in [1.807, 2.05) is 0 Å². The second-order valence-electron chi connectivity index (χ2n) is 6.07. The molecule has 0 aliphatic carbocycles. The first kappa shape index (κ1) is 14.5. The van der Waals surface area contributed by atoms with Gasteiger partial charge in [0.1, 0.15) is 0 Å². The van der Waals surface area contributed by atoms with Crippen LogP contribution in [-0.2, 0) is 16.6 Å². The van der Waals surface area contributed by atoms with E-state index in [-0.39, 0.29) is 17.4 Å². The summed E-state index contributed by atoms with van der Waals surface area (Å²) in [6.45, 7) is 8.13. The quantitative estimate of drug-likeness (QED) is 0.885. The molecule has 1 saturated heterocycles. The highest BCUT2D eigenvalue weighted by Crippen LogP contribution is 2.23. The molecule has 0 aromatic carbocycles. The number of nitrogens with one attached hydrogen (secondary N) is 2. The molecule has 1 aliphatic heterocycles. The van der Waals surface area contributed by atoms with E-state index in [1.165, 1.54) is 0 Å². The minimum atomic E-state index is 0.0152. The SMILES string of the molecule is CC(C)(C)c1csc(CCNC(=O)C2CCCN2)n1. The molecule has 4 nitrogen and oxygen atoms in total. The molecule has 106 valence electrons. The van der Waals surface area contributed by atoms with Gasteiger partial charge in [0, 0.05) is 23.8 Å². The van der Waals surface area contributed by atoms with Crippen molar-refractivity contribution in [3.05, 3.63) is 16.1 Å². The van der Waals surface area contributed by atoms with Crippen LogP contribution in [0.4, 0.5) is 0 Å². The highest BCUT2D eigenvalue weighted by molar-refractivity contribution is 7.09. The van der Waals surface area contributed by atoms with Gasteiger partial charge in [-0.25, -0.2) is 4.98 Å². The van der Waals surface area contributed by atoms with Gasteiger partial charge in [0.2, 0.25) is 5.91 Å². The second kappa shape index (κ2) is 6.01. The molecule has 1 aliphatic rings. The number of hydrogen-bond acceptors (Lipinski definition) is 4. The Morgan fingerprint density at radius 2 is 2.37 bits per heavy atom. The molecular formula is C14H23N3OS. The molecule has 1 atom stereocenters. The zero-order chi connectivity index (χ0) is 13.9. The first-order chi connectivity index (χ1) is 8.97. The van der Waals surface area contributed by atoms with E-state index in [0.29, 0.717) is 6.54 Å². The average Bonchev–Trinajstić information content (AvgIpc) is 2.99. The molecule has 1 aromatic rings. The summed E-state index contributed by atoms with van der Waals surface area (Å²) in [4.78, 5) is 16.4. The monoisotopic (exact) mass is 281 g/mol. The smallest absolute Gasteiger partial charge is 0.237 e. The number of carbonyl (C=O) groups excluding carboxylic acids is 1. The van der Waals surface area contributed by atoms with Gasteiger partial charge in [-0.05, 0) is 19.4 Å². The molecule has 1 aromatic heterocycles. The summed E-state index contributed by atoms with van der Waals surface area (Å²) in [6, 6.07) is 0.0152. The Balaban J connectivity index is 1.76. The van der Waals surface area contributed by atoms with Gasteiger partial charge in [0.25, 0.3) is 0 Å². The Hall–Kier alpha value is -0.940. The summed E-state index contributed by atoms with van der Waals surface area (Å²) in [6.07, 6.45) is 2.87. The summed E-state index contributed by atoms with van der Waals surface area (Å²) in [5.41, 5.74) is 1.24. The normalized spacial score (nSPS) is 19.6. The molecule has 2 heterocycles. The van der Waals surface area contributed by atoms with E-state index in [9.17, 15) is 4.79 Å². The van der Waals surface area contributed by atoms with Crippen LogP contribution in [0.3, 0.4) is 0 Å². The maximum absolute atomic E-state index is 11.8. The van der Waals surface area contributed by atoms with Crippen molar-refractivity contribution in [2.45, 2.75) is 51.5 Å². The van der Waals surface area contributed by atoms with E-state index in [2.05, 4.69) is 41.8 Å². The predicted molar refractivity (Wildman–Crippen MR) is 78.6 cm³/mol. The Morgan fingerprint density at radius 3 is 2.95 bits per heavy atom. The predicted octanol–water partition coefficient (Wildman–Crippen LogP) is 1.85. The lowest BCUT2D eigenvalue weighted by Crippen LogP contribution is -2.41. The van der Waals surface area contributed by atoms with Crippen molar-refractivity contribution in [1.82, 2.24) is 15.6 Å². The van der Waals surface area contributed by atoms with Gasteiger partial charge in [-0.15, -0.1) is 11.3 Å². The highest BCUT2D eigenvalue weighted by Gasteiger charge is 2.21. The minimum absolute atomic E-state index is 0.0152. The standard InChI is InChI=1S/C14H23N3OS/c1-14(2,3)11-9-19-12(17-11)6-8-16-13(18)10-5-4-7-15-10/h9-10,15H,4-8H2,1-3H3,(H,16,18). The minimum Gasteiger partial charge on any atom is -0.354 e. The van der Waals surface area contributed by atoms with Crippen LogP contribution < -0.4 is 10.6 Å². The van der Waals surface area contributed by atoms with Crippen molar-refractivity contribution in [3.8, 4) is 0 Å². The Morgan fingerprint density at radius 1 is 1.58 bits per heavy atom. The van der Waals surface area contributed by atoms with Crippen LogP contribution in [0.25, 0.3) is 0 Å². The molecule has 1 amide bonds. The van der Waals surface area contributed by atoms with Gasteiger partial charge in [0.05, 0.1) is 16.7 Å². The van der Waals surface area contributed by atoms with Crippen LogP contribution in [0.1, 0.15) is 44.3 Å². The van der Waals surface area contributed by atoms with Gasteiger partial charge in [-0.2, -0.15) is 0 Å². The average molecular weight is 281 g/mol. The maximum Gasteiger partial charge on any atom is 0.237 e. The molecule has 1 fully saturated rings. The van der Waals surface area contributed by atoms with E-state index < -0.39 is 0 Å². The third-order valence-corrected chi connectivity index (χ3v) is 4.24. The van der Waals surface area contributed by atoms with Crippen LogP contribution in [-0.4, -0.2) is 30.0 Å². The first-order valence-corrected chi connectivity index (χ1v) is 7.81. The summed E-state index contributed by atoms with van der Waals surface area (Å²) in [7, 11) is 0. The Kier molecular flexibility index (Phi) is 4.58. The third-order valence-electron chi connectivity index (χ3n) is 3.34. The highest BCUT2D eigenvalue weighted by atomic mass is 32.1. The molecule has 2 N–H and O–H groups in total. The lowest BCUT2D eigenvalue weighted by Gasteiger charge is -2.14. The van der Waals surface area contributed by atoms with Gasteiger partial charge >= 0.3 is 0 Å². The number of aromatic nitrogens is 1. The summed E-state index contributed by atoms with van der Waals surface area (Å²) < 4.78 is 0. The van der Waals surface area contributed by atoms with Gasteiger partial charge < -0.3 is 10.6 Å². The molecule has 19 heavy (non-hydrogen) atoms. The molecule has 5 heteroatoms. The Labute approximate surface area is 119 Å². The van der Waals surface area contributed by atoms with Crippen molar-refractivity contribution < 1.29 is 4.79 Å². The van der Waals surface area contributed by atoms with Crippen molar-refractivity contribution in [2.24, 2.45) is 0 Å². The molecule has 0 spiro atoms. The number of rotatable bonds is 4. The second-order valence-corrected chi connectivity index (χ2v) is 7.01. The van der Waals surface area contributed by atoms with Crippen molar-refractivity contribution in [3.63, 3.8) is 0 Å². The lowest BCUT2D eigenvalue weighted by molar-refractivity contribution is -0.122. The largest absolute Gasteiger partial charge is 0.354 e. The molecule has 0 bridgehead atoms. The van der Waals surface area contributed by atoms with E-state index in [4.69, 9.17) is 0 Å². The van der Waals surface area contributed by atoms with Crippen LogP contribution in [0.5, 0.6) is 0 Å². The fourth-order valence-corrected chi connectivity index (χ4v) is 3.12. The maximum atomic E-state index is 11.8.